The van der Waals surface area contributed by atoms with Crippen LogP contribution in [0.15, 0.2) is 47.6 Å². The monoisotopic (exact) mass is 479 g/mol. The highest BCUT2D eigenvalue weighted by molar-refractivity contribution is 7.99. The normalized spacial score (nSPS) is 14.9. The van der Waals surface area contributed by atoms with Gasteiger partial charge < -0.3 is 19.3 Å². The molecule has 0 bridgehead atoms. The lowest BCUT2D eigenvalue weighted by Gasteiger charge is -2.21. The van der Waals surface area contributed by atoms with Crippen LogP contribution in [0, 0.1) is 6.92 Å². The van der Waals surface area contributed by atoms with Crippen molar-refractivity contribution < 1.29 is 14.3 Å². The Labute approximate surface area is 203 Å². The van der Waals surface area contributed by atoms with Crippen molar-refractivity contribution in [1.29, 1.82) is 0 Å². The van der Waals surface area contributed by atoms with Crippen LogP contribution < -0.4 is 14.4 Å². The van der Waals surface area contributed by atoms with Crippen molar-refractivity contribution >= 4 is 23.6 Å². The fourth-order valence-corrected chi connectivity index (χ4v) is 5.07. The number of thioether (sulfide) groups is 1. The topological polar surface area (TPSA) is 72.7 Å². The molecule has 2 aromatic carbocycles. The summed E-state index contributed by atoms with van der Waals surface area (Å²) in [6, 6.07) is 14.2. The Bertz CT molecular complexity index is 1160. The summed E-state index contributed by atoms with van der Waals surface area (Å²) >= 11 is 1.42. The molecule has 2 aliphatic rings. The quantitative estimate of drug-likeness (QED) is 0.479. The van der Waals surface area contributed by atoms with Gasteiger partial charge in [0.05, 0.1) is 11.4 Å². The summed E-state index contributed by atoms with van der Waals surface area (Å²) in [7, 11) is 1.82. The molecule has 0 radical (unpaired) electrons. The molecule has 1 amide bonds. The second-order valence-corrected chi connectivity index (χ2v) is 9.61. The SMILES string of the molecule is Cc1ccc(-n2c(SCC(=O)N(C)Cc3ccc4c(c3)OCCO4)nnc2N2CCCC2)cc1. The average molecular weight is 480 g/mol. The highest BCUT2D eigenvalue weighted by Gasteiger charge is 2.23. The highest BCUT2D eigenvalue weighted by Crippen LogP contribution is 2.32. The summed E-state index contributed by atoms with van der Waals surface area (Å²) in [6.07, 6.45) is 2.32. The minimum absolute atomic E-state index is 0.0288. The van der Waals surface area contributed by atoms with E-state index in [0.717, 1.165) is 59.8 Å². The number of fused-ring (bicyclic) bond motifs is 1. The van der Waals surface area contributed by atoms with Crippen molar-refractivity contribution in [2.45, 2.75) is 31.5 Å². The molecule has 8 nitrogen and oxygen atoms in total. The summed E-state index contributed by atoms with van der Waals surface area (Å²) in [5, 5.41) is 9.68. The second-order valence-electron chi connectivity index (χ2n) is 8.66. The molecule has 1 fully saturated rings. The maximum Gasteiger partial charge on any atom is 0.233 e. The third-order valence-corrected chi connectivity index (χ3v) is 6.99. The molecule has 34 heavy (non-hydrogen) atoms. The Balaban J connectivity index is 1.28. The third kappa shape index (κ3) is 4.84. The summed E-state index contributed by atoms with van der Waals surface area (Å²) in [6.45, 7) is 5.64. The maximum absolute atomic E-state index is 12.9. The van der Waals surface area contributed by atoms with E-state index in [1.165, 1.54) is 17.3 Å². The number of ether oxygens (including phenoxy) is 2. The Hall–Kier alpha value is -3.20. The lowest BCUT2D eigenvalue weighted by molar-refractivity contribution is -0.127. The van der Waals surface area contributed by atoms with Crippen molar-refractivity contribution in [3.8, 4) is 17.2 Å². The van der Waals surface area contributed by atoms with Crippen molar-refractivity contribution in [3.05, 3.63) is 53.6 Å². The van der Waals surface area contributed by atoms with Crippen LogP contribution in [0.2, 0.25) is 0 Å². The molecular formula is C25H29N5O3S. The molecule has 0 saturated carbocycles. The lowest BCUT2D eigenvalue weighted by Crippen LogP contribution is -2.28. The number of amides is 1. The number of aromatic nitrogens is 3. The Morgan fingerprint density at radius 2 is 1.76 bits per heavy atom. The zero-order chi connectivity index (χ0) is 23.5. The van der Waals surface area contributed by atoms with Gasteiger partial charge in [-0.1, -0.05) is 35.5 Å². The molecule has 2 aliphatic heterocycles. The average Bonchev–Trinajstić information content (AvgIpc) is 3.53. The summed E-state index contributed by atoms with van der Waals surface area (Å²) in [4.78, 5) is 16.9. The lowest BCUT2D eigenvalue weighted by atomic mass is 10.2. The molecule has 0 atom stereocenters. The Morgan fingerprint density at radius 3 is 2.53 bits per heavy atom. The van der Waals surface area contributed by atoms with E-state index in [-0.39, 0.29) is 11.7 Å². The predicted molar refractivity (Wildman–Crippen MR) is 132 cm³/mol. The molecular weight excluding hydrogens is 450 g/mol. The molecule has 1 saturated heterocycles. The van der Waals surface area contributed by atoms with Gasteiger partial charge in [0, 0.05) is 26.7 Å². The summed E-state index contributed by atoms with van der Waals surface area (Å²) in [5.41, 5.74) is 3.21. The van der Waals surface area contributed by atoms with E-state index in [0.29, 0.717) is 19.8 Å². The first-order chi connectivity index (χ1) is 16.6. The number of rotatable bonds is 7. The second kappa shape index (κ2) is 9.97. The van der Waals surface area contributed by atoms with Crippen molar-refractivity contribution in [2.24, 2.45) is 0 Å². The van der Waals surface area contributed by atoms with Gasteiger partial charge in [-0.3, -0.25) is 9.36 Å². The van der Waals surface area contributed by atoms with E-state index in [2.05, 4.69) is 50.9 Å². The van der Waals surface area contributed by atoms with Gasteiger partial charge in [-0.15, -0.1) is 10.2 Å². The third-order valence-electron chi connectivity index (χ3n) is 6.07. The Kier molecular flexibility index (Phi) is 6.62. The van der Waals surface area contributed by atoms with E-state index in [1.54, 1.807) is 4.90 Å². The number of hydrogen-bond donors (Lipinski definition) is 0. The number of carbonyl (C=O) groups excluding carboxylic acids is 1. The zero-order valence-electron chi connectivity index (χ0n) is 19.6. The molecule has 0 unspecified atom stereocenters. The van der Waals surface area contributed by atoms with Crippen molar-refractivity contribution in [1.82, 2.24) is 19.7 Å². The molecule has 0 N–H and O–H groups in total. The van der Waals surface area contributed by atoms with Crippen molar-refractivity contribution in [2.75, 3.05) is 44.0 Å². The summed E-state index contributed by atoms with van der Waals surface area (Å²) in [5.74, 6) is 2.65. The minimum atomic E-state index is 0.0288. The molecule has 3 aromatic rings. The van der Waals surface area contributed by atoms with Gasteiger partial charge in [-0.25, -0.2) is 0 Å². The molecule has 0 aliphatic carbocycles. The summed E-state index contributed by atoms with van der Waals surface area (Å²) < 4.78 is 13.3. The first-order valence-corrected chi connectivity index (χ1v) is 12.6. The maximum atomic E-state index is 12.9. The Morgan fingerprint density at radius 1 is 1.03 bits per heavy atom. The zero-order valence-corrected chi connectivity index (χ0v) is 20.4. The van der Waals surface area contributed by atoms with Crippen LogP contribution >= 0.6 is 11.8 Å². The van der Waals surface area contributed by atoms with Gasteiger partial charge in [0.2, 0.25) is 11.9 Å². The number of nitrogens with zero attached hydrogens (tertiary/aromatic N) is 5. The van der Waals surface area contributed by atoms with Crippen LogP contribution in [-0.4, -0.2) is 64.7 Å². The van der Waals surface area contributed by atoms with Gasteiger partial charge in [0.15, 0.2) is 16.7 Å². The number of carbonyl (C=O) groups is 1. The predicted octanol–water partition coefficient (Wildman–Crippen LogP) is 3.70. The van der Waals surface area contributed by atoms with Gasteiger partial charge in [0.25, 0.3) is 0 Å². The van der Waals surface area contributed by atoms with Crippen LogP contribution in [0.4, 0.5) is 5.95 Å². The van der Waals surface area contributed by atoms with Gasteiger partial charge in [0.1, 0.15) is 13.2 Å². The number of hydrogen-bond acceptors (Lipinski definition) is 7. The fraction of sp³-hybridized carbons (Fsp3) is 0.400. The highest BCUT2D eigenvalue weighted by atomic mass is 32.2. The minimum Gasteiger partial charge on any atom is -0.486 e. The molecule has 5 rings (SSSR count). The fourth-order valence-electron chi connectivity index (χ4n) is 4.18. The molecule has 1 aromatic heterocycles. The molecule has 9 heteroatoms. The smallest absolute Gasteiger partial charge is 0.233 e. The number of anilines is 1. The van der Waals surface area contributed by atoms with Gasteiger partial charge in [-0.2, -0.15) is 0 Å². The van der Waals surface area contributed by atoms with E-state index in [4.69, 9.17) is 9.47 Å². The first-order valence-electron chi connectivity index (χ1n) is 11.6. The van der Waals surface area contributed by atoms with Crippen LogP contribution in [0.5, 0.6) is 11.5 Å². The first kappa shape index (κ1) is 22.6. The van der Waals surface area contributed by atoms with Crippen LogP contribution in [0.25, 0.3) is 5.69 Å². The largest absolute Gasteiger partial charge is 0.486 e. The van der Waals surface area contributed by atoms with E-state index < -0.39 is 0 Å². The number of aryl methyl sites for hydroxylation is 1. The van der Waals surface area contributed by atoms with Gasteiger partial charge >= 0.3 is 0 Å². The van der Waals surface area contributed by atoms with E-state index >= 15 is 0 Å². The molecule has 0 spiro atoms. The van der Waals surface area contributed by atoms with E-state index in [1.807, 2.05) is 25.2 Å². The van der Waals surface area contributed by atoms with Crippen LogP contribution in [-0.2, 0) is 11.3 Å². The van der Waals surface area contributed by atoms with E-state index in [9.17, 15) is 4.79 Å². The van der Waals surface area contributed by atoms with Gasteiger partial charge in [-0.05, 0) is 49.6 Å². The standard InChI is InChI=1S/C25H29N5O3S/c1-18-5-8-20(9-6-18)30-24(29-11-3-4-12-29)26-27-25(30)34-17-23(31)28(2)16-19-7-10-21-22(15-19)33-14-13-32-21/h5-10,15H,3-4,11-14,16-17H2,1-2H3. The van der Waals surface area contributed by atoms with Crippen molar-refractivity contribution in [3.63, 3.8) is 0 Å². The molecule has 3 heterocycles. The van der Waals surface area contributed by atoms with Crippen LogP contribution in [0.1, 0.15) is 24.0 Å². The molecule has 178 valence electrons. The van der Waals surface area contributed by atoms with Crippen LogP contribution in [0.3, 0.4) is 0 Å². The number of benzene rings is 2.